The lowest BCUT2D eigenvalue weighted by Crippen LogP contribution is -2.16. The Hall–Kier alpha value is -2.84. The van der Waals surface area contributed by atoms with Crippen LogP contribution in [0.5, 0.6) is 17.4 Å². The summed E-state index contributed by atoms with van der Waals surface area (Å²) in [5.74, 6) is -1.42. The van der Waals surface area contributed by atoms with Crippen molar-refractivity contribution < 1.29 is 32.5 Å². The van der Waals surface area contributed by atoms with Crippen LogP contribution in [0.2, 0.25) is 0 Å². The second-order valence-electron chi connectivity index (χ2n) is 3.68. The van der Waals surface area contributed by atoms with Crippen molar-refractivity contribution >= 4 is 5.97 Å². The van der Waals surface area contributed by atoms with E-state index in [1.807, 2.05) is 0 Å². The highest BCUT2D eigenvalue weighted by atomic mass is 19.4. The number of ether oxygens (including phenoxy) is 2. The molecule has 0 radical (unpaired) electrons. The summed E-state index contributed by atoms with van der Waals surface area (Å²) in [4.78, 5) is 10.6. The van der Waals surface area contributed by atoms with Crippen molar-refractivity contribution in [2.75, 3.05) is 0 Å². The molecule has 1 N–H and O–H groups in total. The first kappa shape index (κ1) is 14.6. The van der Waals surface area contributed by atoms with Gasteiger partial charge in [0.05, 0.1) is 0 Å². The van der Waals surface area contributed by atoms with Gasteiger partial charge < -0.3 is 14.6 Å². The Labute approximate surface area is 115 Å². The molecule has 6 nitrogen and oxygen atoms in total. The van der Waals surface area contributed by atoms with Gasteiger partial charge in [-0.15, -0.1) is 23.4 Å². The molecular formula is C12H7F3N2O4. The SMILES string of the molecule is O=C(O)c1ccc(Oc2ccc(OC(F)(F)F)cc2)nn1. The van der Waals surface area contributed by atoms with E-state index in [2.05, 4.69) is 14.9 Å². The fourth-order valence-corrected chi connectivity index (χ4v) is 1.32. The lowest BCUT2D eigenvalue weighted by molar-refractivity contribution is -0.274. The third-order valence-corrected chi connectivity index (χ3v) is 2.14. The number of hydrogen-bond acceptors (Lipinski definition) is 5. The summed E-state index contributed by atoms with van der Waals surface area (Å²) < 4.78 is 44.8. The summed E-state index contributed by atoms with van der Waals surface area (Å²) in [5, 5.41) is 15.5. The van der Waals surface area contributed by atoms with Gasteiger partial charge in [-0.1, -0.05) is 0 Å². The van der Waals surface area contributed by atoms with E-state index in [0.717, 1.165) is 12.1 Å². The standard InChI is InChI=1S/C12H7F3N2O4/c13-12(14,15)21-8-3-1-7(2-4-8)20-10-6-5-9(11(18)19)16-17-10/h1-6H,(H,18,19). The van der Waals surface area contributed by atoms with Gasteiger partial charge in [0.25, 0.3) is 0 Å². The molecular weight excluding hydrogens is 293 g/mol. The first-order chi connectivity index (χ1) is 9.83. The van der Waals surface area contributed by atoms with Crippen LogP contribution in [0.3, 0.4) is 0 Å². The zero-order chi connectivity index (χ0) is 15.5. The number of halogens is 3. The average molecular weight is 300 g/mol. The Bertz CT molecular complexity index is 626. The van der Waals surface area contributed by atoms with Gasteiger partial charge in [-0.25, -0.2) is 4.79 Å². The molecule has 0 aliphatic rings. The minimum Gasteiger partial charge on any atom is -0.476 e. The van der Waals surface area contributed by atoms with E-state index >= 15 is 0 Å². The third kappa shape index (κ3) is 4.34. The minimum absolute atomic E-state index is 0.00416. The first-order valence-corrected chi connectivity index (χ1v) is 5.44. The van der Waals surface area contributed by atoms with Crippen molar-refractivity contribution in [3.05, 3.63) is 42.1 Å². The molecule has 110 valence electrons. The highest BCUT2D eigenvalue weighted by Gasteiger charge is 2.30. The molecule has 0 bridgehead atoms. The summed E-state index contributed by atoms with van der Waals surface area (Å²) in [6.07, 6.45) is -4.76. The second kappa shape index (κ2) is 5.65. The Morgan fingerprint density at radius 1 is 1.00 bits per heavy atom. The van der Waals surface area contributed by atoms with Crippen molar-refractivity contribution in [3.63, 3.8) is 0 Å². The van der Waals surface area contributed by atoms with Crippen LogP contribution in [-0.4, -0.2) is 27.6 Å². The van der Waals surface area contributed by atoms with Gasteiger partial charge >= 0.3 is 12.3 Å². The molecule has 0 aliphatic carbocycles. The Morgan fingerprint density at radius 3 is 2.10 bits per heavy atom. The second-order valence-corrected chi connectivity index (χ2v) is 3.68. The highest BCUT2D eigenvalue weighted by molar-refractivity contribution is 5.84. The van der Waals surface area contributed by atoms with Crippen molar-refractivity contribution in [3.8, 4) is 17.4 Å². The van der Waals surface area contributed by atoms with Gasteiger partial charge in [0.2, 0.25) is 5.88 Å². The summed E-state index contributed by atoms with van der Waals surface area (Å²) in [6, 6.07) is 7.09. The molecule has 1 aromatic carbocycles. The molecule has 21 heavy (non-hydrogen) atoms. The average Bonchev–Trinajstić information content (AvgIpc) is 2.40. The summed E-state index contributed by atoms with van der Waals surface area (Å²) in [5.41, 5.74) is -0.253. The molecule has 0 fully saturated rings. The van der Waals surface area contributed by atoms with Crippen LogP contribution in [-0.2, 0) is 0 Å². The zero-order valence-corrected chi connectivity index (χ0v) is 10.2. The monoisotopic (exact) mass is 300 g/mol. The van der Waals surface area contributed by atoms with E-state index in [4.69, 9.17) is 9.84 Å². The molecule has 1 aromatic heterocycles. The van der Waals surface area contributed by atoms with E-state index in [1.165, 1.54) is 24.3 Å². The fraction of sp³-hybridized carbons (Fsp3) is 0.0833. The number of carboxylic acids is 1. The summed E-state index contributed by atoms with van der Waals surface area (Å²) in [7, 11) is 0. The maximum atomic E-state index is 12.0. The number of nitrogens with zero attached hydrogens (tertiary/aromatic N) is 2. The molecule has 0 spiro atoms. The van der Waals surface area contributed by atoms with E-state index in [0.29, 0.717) is 0 Å². The van der Waals surface area contributed by atoms with E-state index in [1.54, 1.807) is 0 Å². The Morgan fingerprint density at radius 2 is 1.62 bits per heavy atom. The van der Waals surface area contributed by atoms with Crippen LogP contribution in [0.15, 0.2) is 36.4 Å². The van der Waals surface area contributed by atoms with E-state index < -0.39 is 12.3 Å². The number of aromatic carboxylic acids is 1. The smallest absolute Gasteiger partial charge is 0.476 e. The van der Waals surface area contributed by atoms with Crippen LogP contribution in [0.1, 0.15) is 10.5 Å². The maximum Gasteiger partial charge on any atom is 0.573 e. The molecule has 1 heterocycles. The Balaban J connectivity index is 2.04. The molecule has 0 unspecified atom stereocenters. The van der Waals surface area contributed by atoms with E-state index in [9.17, 15) is 18.0 Å². The normalized spacial score (nSPS) is 11.0. The van der Waals surface area contributed by atoms with E-state index in [-0.39, 0.29) is 23.1 Å². The number of carbonyl (C=O) groups is 1. The molecule has 0 amide bonds. The van der Waals surface area contributed by atoms with Crippen LogP contribution < -0.4 is 9.47 Å². The first-order valence-electron chi connectivity index (χ1n) is 5.44. The predicted molar refractivity (Wildman–Crippen MR) is 62.2 cm³/mol. The van der Waals surface area contributed by atoms with Crippen LogP contribution in [0.25, 0.3) is 0 Å². The van der Waals surface area contributed by atoms with Crippen molar-refractivity contribution in [2.45, 2.75) is 6.36 Å². The van der Waals surface area contributed by atoms with Crippen LogP contribution in [0, 0.1) is 0 Å². The molecule has 2 rings (SSSR count). The molecule has 9 heteroatoms. The predicted octanol–water partition coefficient (Wildman–Crippen LogP) is 2.87. The highest BCUT2D eigenvalue weighted by Crippen LogP contribution is 2.26. The van der Waals surface area contributed by atoms with Gasteiger partial charge in [-0.3, -0.25) is 0 Å². The number of alkyl halides is 3. The zero-order valence-electron chi connectivity index (χ0n) is 10.2. The summed E-state index contributed by atoms with van der Waals surface area (Å²) in [6.45, 7) is 0. The lowest BCUT2D eigenvalue weighted by Gasteiger charge is -2.09. The molecule has 0 aliphatic heterocycles. The molecule has 0 saturated heterocycles. The van der Waals surface area contributed by atoms with Crippen LogP contribution >= 0.6 is 0 Å². The number of hydrogen-bond donors (Lipinski definition) is 1. The van der Waals surface area contributed by atoms with Gasteiger partial charge in [0.15, 0.2) is 5.69 Å². The van der Waals surface area contributed by atoms with Crippen molar-refractivity contribution in [2.24, 2.45) is 0 Å². The number of carboxylic acid groups (broad SMARTS) is 1. The number of rotatable bonds is 4. The van der Waals surface area contributed by atoms with Crippen LogP contribution in [0.4, 0.5) is 13.2 Å². The third-order valence-electron chi connectivity index (χ3n) is 2.14. The van der Waals surface area contributed by atoms with Gasteiger partial charge in [0, 0.05) is 6.07 Å². The van der Waals surface area contributed by atoms with Gasteiger partial charge in [-0.05, 0) is 30.3 Å². The Kier molecular flexibility index (Phi) is 3.92. The molecule has 0 atom stereocenters. The van der Waals surface area contributed by atoms with Crippen molar-refractivity contribution in [1.29, 1.82) is 0 Å². The topological polar surface area (TPSA) is 81.5 Å². The maximum absolute atomic E-state index is 12.0. The quantitative estimate of drug-likeness (QED) is 0.935. The number of aromatic nitrogens is 2. The van der Waals surface area contributed by atoms with Gasteiger partial charge in [0.1, 0.15) is 11.5 Å². The molecule has 2 aromatic rings. The lowest BCUT2D eigenvalue weighted by atomic mass is 10.3. The largest absolute Gasteiger partial charge is 0.573 e. The molecule has 0 saturated carbocycles. The fourth-order valence-electron chi connectivity index (χ4n) is 1.32. The number of benzene rings is 1. The van der Waals surface area contributed by atoms with Gasteiger partial charge in [-0.2, -0.15) is 0 Å². The minimum atomic E-state index is -4.76. The van der Waals surface area contributed by atoms with Crippen molar-refractivity contribution in [1.82, 2.24) is 10.2 Å². The summed E-state index contributed by atoms with van der Waals surface area (Å²) >= 11 is 0.